The number of hydrogen-bond acceptors (Lipinski definition) is 2. The van der Waals surface area contributed by atoms with Crippen LogP contribution in [0, 0.1) is 5.92 Å². The van der Waals surface area contributed by atoms with Crippen molar-refractivity contribution in [3.8, 4) is 0 Å². The highest BCUT2D eigenvalue weighted by atomic mass is 16.5. The molecule has 2 nitrogen and oxygen atoms in total. The van der Waals surface area contributed by atoms with Crippen molar-refractivity contribution in [2.24, 2.45) is 5.92 Å². The Morgan fingerprint density at radius 1 is 1.50 bits per heavy atom. The van der Waals surface area contributed by atoms with Crippen LogP contribution in [0.2, 0.25) is 0 Å². The molecule has 0 saturated carbocycles. The zero-order valence-electron chi connectivity index (χ0n) is 10.1. The second kappa shape index (κ2) is 5.13. The predicted octanol–water partition coefficient (Wildman–Crippen LogP) is 2.58. The van der Waals surface area contributed by atoms with Crippen LogP contribution in [0.25, 0.3) is 0 Å². The van der Waals surface area contributed by atoms with E-state index in [0.29, 0.717) is 6.10 Å². The first-order valence-corrected chi connectivity index (χ1v) is 5.94. The monoisotopic (exact) mass is 199 g/mol. The van der Waals surface area contributed by atoms with E-state index in [9.17, 15) is 0 Å². The summed E-state index contributed by atoms with van der Waals surface area (Å²) in [6.45, 7) is 11.0. The lowest BCUT2D eigenvalue weighted by Crippen LogP contribution is -2.52. The fourth-order valence-electron chi connectivity index (χ4n) is 1.95. The summed E-state index contributed by atoms with van der Waals surface area (Å²) in [4.78, 5) is 0. The van der Waals surface area contributed by atoms with Crippen LogP contribution in [0.5, 0.6) is 0 Å². The van der Waals surface area contributed by atoms with Crippen molar-refractivity contribution in [2.75, 3.05) is 13.1 Å². The van der Waals surface area contributed by atoms with Gasteiger partial charge in [-0.05, 0) is 32.1 Å². The number of morpholine rings is 1. The molecule has 2 unspecified atom stereocenters. The first kappa shape index (κ1) is 12.0. The van der Waals surface area contributed by atoms with E-state index in [4.69, 9.17) is 4.74 Å². The van der Waals surface area contributed by atoms with Crippen LogP contribution in [0.1, 0.15) is 47.0 Å². The lowest BCUT2D eigenvalue weighted by Gasteiger charge is -2.39. The molecule has 0 aromatic rings. The third-order valence-electron chi connectivity index (χ3n) is 3.03. The van der Waals surface area contributed by atoms with Crippen molar-refractivity contribution in [3.63, 3.8) is 0 Å². The Labute approximate surface area is 88.4 Å². The molecule has 1 fully saturated rings. The summed E-state index contributed by atoms with van der Waals surface area (Å²) in [7, 11) is 0. The summed E-state index contributed by atoms with van der Waals surface area (Å²) in [6.07, 6.45) is 3.97. The number of ether oxygens (including phenoxy) is 1. The maximum Gasteiger partial charge on any atom is 0.0782 e. The van der Waals surface area contributed by atoms with Crippen LogP contribution in [0.4, 0.5) is 0 Å². The molecule has 0 aliphatic carbocycles. The van der Waals surface area contributed by atoms with Gasteiger partial charge in [0.25, 0.3) is 0 Å². The molecule has 1 rings (SSSR count). The highest BCUT2D eigenvalue weighted by Gasteiger charge is 2.31. The van der Waals surface area contributed by atoms with E-state index in [1.165, 1.54) is 12.8 Å². The molecule has 2 atom stereocenters. The molecule has 1 N–H and O–H groups in total. The smallest absolute Gasteiger partial charge is 0.0782 e. The van der Waals surface area contributed by atoms with Gasteiger partial charge in [-0.2, -0.15) is 0 Å². The Kier molecular flexibility index (Phi) is 4.39. The average molecular weight is 199 g/mol. The van der Waals surface area contributed by atoms with Gasteiger partial charge < -0.3 is 10.1 Å². The van der Waals surface area contributed by atoms with Crippen LogP contribution in [0.15, 0.2) is 0 Å². The minimum absolute atomic E-state index is 0.0726. The maximum atomic E-state index is 6.11. The van der Waals surface area contributed by atoms with Gasteiger partial charge in [-0.25, -0.2) is 0 Å². The van der Waals surface area contributed by atoms with Crippen LogP contribution >= 0.6 is 0 Å². The van der Waals surface area contributed by atoms with E-state index in [1.54, 1.807) is 0 Å². The molecule has 0 bridgehead atoms. The Balaban J connectivity index is 2.38. The van der Waals surface area contributed by atoms with Crippen molar-refractivity contribution in [1.82, 2.24) is 5.32 Å². The average Bonchev–Trinajstić information content (AvgIpc) is 2.15. The maximum absolute atomic E-state index is 6.11. The Morgan fingerprint density at radius 3 is 2.79 bits per heavy atom. The van der Waals surface area contributed by atoms with Gasteiger partial charge in [0.15, 0.2) is 0 Å². The van der Waals surface area contributed by atoms with Gasteiger partial charge in [-0.1, -0.05) is 20.8 Å². The van der Waals surface area contributed by atoms with E-state index >= 15 is 0 Å². The highest BCUT2D eigenvalue weighted by molar-refractivity contribution is 4.85. The van der Waals surface area contributed by atoms with Crippen molar-refractivity contribution in [1.29, 1.82) is 0 Å². The molecule has 0 aromatic heterocycles. The lowest BCUT2D eigenvalue weighted by molar-refractivity contribution is -0.112. The van der Waals surface area contributed by atoms with Crippen molar-refractivity contribution < 1.29 is 4.74 Å². The molecular formula is C12H25NO. The second-order valence-electron chi connectivity index (χ2n) is 5.16. The fraction of sp³-hybridized carbons (Fsp3) is 1.00. The van der Waals surface area contributed by atoms with Gasteiger partial charge in [0, 0.05) is 13.1 Å². The summed E-state index contributed by atoms with van der Waals surface area (Å²) in [5.41, 5.74) is 0.0726. The minimum atomic E-state index is 0.0726. The number of hydrogen-bond donors (Lipinski definition) is 1. The largest absolute Gasteiger partial charge is 0.369 e. The van der Waals surface area contributed by atoms with Crippen LogP contribution < -0.4 is 5.32 Å². The number of nitrogens with one attached hydrogen (secondary N) is 1. The van der Waals surface area contributed by atoms with Crippen LogP contribution in [-0.2, 0) is 4.74 Å². The van der Waals surface area contributed by atoms with Crippen molar-refractivity contribution in [3.05, 3.63) is 0 Å². The van der Waals surface area contributed by atoms with Crippen molar-refractivity contribution in [2.45, 2.75) is 58.7 Å². The van der Waals surface area contributed by atoms with Gasteiger partial charge >= 0.3 is 0 Å². The Hall–Kier alpha value is -0.0800. The van der Waals surface area contributed by atoms with Crippen LogP contribution in [-0.4, -0.2) is 24.8 Å². The molecule has 2 heteroatoms. The van der Waals surface area contributed by atoms with Crippen molar-refractivity contribution >= 4 is 0 Å². The molecule has 1 aliphatic rings. The molecule has 0 aromatic carbocycles. The number of rotatable bonds is 4. The minimum Gasteiger partial charge on any atom is -0.369 e. The molecule has 1 heterocycles. The topological polar surface area (TPSA) is 21.3 Å². The van der Waals surface area contributed by atoms with E-state index in [0.717, 1.165) is 25.4 Å². The van der Waals surface area contributed by atoms with E-state index in [1.807, 2.05) is 0 Å². The summed E-state index contributed by atoms with van der Waals surface area (Å²) in [5.74, 6) is 0.775. The standard InChI is InChI=1S/C12H25NO/c1-5-11-8-13-9-12(4,14-11)7-6-10(2)3/h10-11,13H,5-9H2,1-4H3. The van der Waals surface area contributed by atoms with E-state index in [2.05, 4.69) is 33.0 Å². The van der Waals surface area contributed by atoms with Crippen LogP contribution in [0.3, 0.4) is 0 Å². The summed E-state index contributed by atoms with van der Waals surface area (Å²) in [5, 5.41) is 3.48. The van der Waals surface area contributed by atoms with Gasteiger partial charge in [-0.15, -0.1) is 0 Å². The van der Waals surface area contributed by atoms with Gasteiger partial charge in [0.1, 0.15) is 0 Å². The fourth-order valence-corrected chi connectivity index (χ4v) is 1.95. The molecule has 14 heavy (non-hydrogen) atoms. The lowest BCUT2D eigenvalue weighted by atomic mass is 9.93. The normalized spacial score (nSPS) is 33.6. The predicted molar refractivity (Wildman–Crippen MR) is 60.5 cm³/mol. The summed E-state index contributed by atoms with van der Waals surface area (Å²) in [6, 6.07) is 0. The zero-order valence-corrected chi connectivity index (χ0v) is 10.1. The Bertz CT molecular complexity index is 170. The van der Waals surface area contributed by atoms with E-state index < -0.39 is 0 Å². The summed E-state index contributed by atoms with van der Waals surface area (Å²) < 4.78 is 6.11. The SMILES string of the molecule is CCC1CNCC(C)(CCC(C)C)O1. The quantitative estimate of drug-likeness (QED) is 0.751. The van der Waals surface area contributed by atoms with Gasteiger partial charge in [0.2, 0.25) is 0 Å². The van der Waals surface area contributed by atoms with E-state index in [-0.39, 0.29) is 5.60 Å². The first-order chi connectivity index (χ1) is 6.56. The highest BCUT2D eigenvalue weighted by Crippen LogP contribution is 2.25. The molecule has 0 amide bonds. The molecule has 0 spiro atoms. The third-order valence-corrected chi connectivity index (χ3v) is 3.03. The third kappa shape index (κ3) is 3.58. The molecule has 84 valence electrons. The second-order valence-corrected chi connectivity index (χ2v) is 5.16. The first-order valence-electron chi connectivity index (χ1n) is 5.94. The molecule has 0 radical (unpaired) electrons. The summed E-state index contributed by atoms with van der Waals surface area (Å²) >= 11 is 0. The van der Waals surface area contributed by atoms with Gasteiger partial charge in [0.05, 0.1) is 11.7 Å². The Morgan fingerprint density at radius 2 is 2.21 bits per heavy atom. The molecule has 1 aliphatic heterocycles. The molecule has 1 saturated heterocycles. The van der Waals surface area contributed by atoms with Gasteiger partial charge in [-0.3, -0.25) is 0 Å². The zero-order chi connectivity index (χ0) is 10.6. The molecular weight excluding hydrogens is 174 g/mol.